The van der Waals surface area contributed by atoms with E-state index in [2.05, 4.69) is 6.07 Å². The third kappa shape index (κ3) is 1.50. The van der Waals surface area contributed by atoms with Crippen LogP contribution in [0.2, 0.25) is 0 Å². The van der Waals surface area contributed by atoms with Crippen LogP contribution in [0, 0.1) is 11.3 Å². The Bertz CT molecular complexity index is 476. The minimum Gasteiger partial charge on any atom is -0.478 e. The van der Waals surface area contributed by atoms with Crippen molar-refractivity contribution in [3.05, 3.63) is 23.8 Å². The number of hydrogen-bond acceptors (Lipinski definition) is 3. The second-order valence-corrected chi connectivity index (χ2v) is 3.71. The molecule has 1 heterocycles. The maximum absolute atomic E-state index is 11.8. The molecule has 16 heavy (non-hydrogen) atoms. The molecule has 1 unspecified atom stereocenters. The molecule has 0 saturated heterocycles. The molecule has 0 aromatic heterocycles. The highest BCUT2D eigenvalue weighted by Gasteiger charge is 2.30. The van der Waals surface area contributed by atoms with Gasteiger partial charge in [0.1, 0.15) is 5.75 Å². The van der Waals surface area contributed by atoms with Crippen LogP contribution in [0.1, 0.15) is 18.9 Å². The topological polar surface area (TPSA) is 53.3 Å². The molecule has 4 nitrogen and oxygen atoms in total. The molecule has 0 aliphatic carbocycles. The zero-order valence-electron chi connectivity index (χ0n) is 9.23. The van der Waals surface area contributed by atoms with E-state index in [1.807, 2.05) is 6.92 Å². The Morgan fingerprint density at radius 2 is 2.31 bits per heavy atom. The van der Waals surface area contributed by atoms with Gasteiger partial charge in [0.05, 0.1) is 17.3 Å². The summed E-state index contributed by atoms with van der Waals surface area (Å²) in [4.78, 5) is 13.4. The van der Waals surface area contributed by atoms with Crippen molar-refractivity contribution in [2.24, 2.45) is 0 Å². The SMILES string of the molecule is CCC1Oc2cc(C#N)ccc2N(C)C1=O. The van der Waals surface area contributed by atoms with E-state index in [0.717, 1.165) is 0 Å². The Labute approximate surface area is 94.0 Å². The Balaban J connectivity index is 2.47. The third-order valence-electron chi connectivity index (χ3n) is 2.70. The second kappa shape index (κ2) is 3.86. The predicted molar refractivity (Wildman–Crippen MR) is 59.3 cm³/mol. The fourth-order valence-corrected chi connectivity index (χ4v) is 1.75. The van der Waals surface area contributed by atoms with Gasteiger partial charge < -0.3 is 9.64 Å². The number of carbonyl (C=O) groups is 1. The standard InChI is InChI=1S/C12H12N2O2/c1-3-10-12(15)14(2)9-5-4-8(7-13)6-11(9)16-10/h4-6,10H,3H2,1-2H3. The summed E-state index contributed by atoms with van der Waals surface area (Å²) in [6.45, 7) is 1.90. The molecule has 0 fully saturated rings. The number of benzene rings is 1. The van der Waals surface area contributed by atoms with E-state index in [4.69, 9.17) is 10.00 Å². The highest BCUT2D eigenvalue weighted by molar-refractivity contribution is 5.99. The molecule has 1 aromatic carbocycles. The van der Waals surface area contributed by atoms with Gasteiger partial charge in [0.2, 0.25) is 0 Å². The van der Waals surface area contributed by atoms with Crippen LogP contribution >= 0.6 is 0 Å². The van der Waals surface area contributed by atoms with Crippen molar-refractivity contribution in [2.75, 3.05) is 11.9 Å². The molecule has 0 N–H and O–H groups in total. The zero-order valence-corrected chi connectivity index (χ0v) is 9.23. The minimum absolute atomic E-state index is 0.0419. The molecule has 1 atom stereocenters. The second-order valence-electron chi connectivity index (χ2n) is 3.71. The van der Waals surface area contributed by atoms with Gasteiger partial charge in [-0.25, -0.2) is 0 Å². The van der Waals surface area contributed by atoms with Gasteiger partial charge in [-0.2, -0.15) is 5.26 Å². The first kappa shape index (κ1) is 10.5. The molecular weight excluding hydrogens is 204 g/mol. The number of nitriles is 1. The summed E-state index contributed by atoms with van der Waals surface area (Å²) in [6.07, 6.45) is 0.186. The van der Waals surface area contributed by atoms with Crippen LogP contribution in [-0.2, 0) is 4.79 Å². The van der Waals surface area contributed by atoms with Gasteiger partial charge in [0.15, 0.2) is 6.10 Å². The lowest BCUT2D eigenvalue weighted by atomic mass is 10.1. The van der Waals surface area contributed by atoms with E-state index >= 15 is 0 Å². The molecule has 1 aromatic rings. The molecule has 1 amide bonds. The van der Waals surface area contributed by atoms with Gasteiger partial charge in [0.25, 0.3) is 5.91 Å². The Morgan fingerprint density at radius 1 is 1.56 bits per heavy atom. The number of amides is 1. The van der Waals surface area contributed by atoms with Crippen LogP contribution in [0.5, 0.6) is 5.75 Å². The van der Waals surface area contributed by atoms with Gasteiger partial charge in [-0.15, -0.1) is 0 Å². The quantitative estimate of drug-likeness (QED) is 0.717. The third-order valence-corrected chi connectivity index (χ3v) is 2.70. The molecule has 2 rings (SSSR count). The van der Waals surface area contributed by atoms with Gasteiger partial charge in [-0.3, -0.25) is 4.79 Å². The summed E-state index contributed by atoms with van der Waals surface area (Å²) in [6, 6.07) is 7.13. The van der Waals surface area contributed by atoms with Crippen LogP contribution < -0.4 is 9.64 Å². The minimum atomic E-state index is -0.438. The van der Waals surface area contributed by atoms with Crippen molar-refractivity contribution in [2.45, 2.75) is 19.4 Å². The van der Waals surface area contributed by atoms with Gasteiger partial charge in [-0.05, 0) is 18.6 Å². The van der Waals surface area contributed by atoms with E-state index in [1.165, 1.54) is 0 Å². The molecule has 4 heteroatoms. The van der Waals surface area contributed by atoms with E-state index in [9.17, 15) is 4.79 Å². The van der Waals surface area contributed by atoms with Crippen molar-refractivity contribution >= 4 is 11.6 Å². The molecule has 1 aliphatic heterocycles. The monoisotopic (exact) mass is 216 g/mol. The first-order valence-corrected chi connectivity index (χ1v) is 5.15. The van der Waals surface area contributed by atoms with Crippen molar-refractivity contribution in [1.82, 2.24) is 0 Å². The number of fused-ring (bicyclic) bond motifs is 1. The molecule has 0 saturated carbocycles. The summed E-state index contributed by atoms with van der Waals surface area (Å²) < 4.78 is 5.56. The predicted octanol–water partition coefficient (Wildman–Crippen LogP) is 1.69. The van der Waals surface area contributed by atoms with E-state index in [1.54, 1.807) is 30.1 Å². The number of carbonyl (C=O) groups excluding carboxylic acids is 1. The van der Waals surface area contributed by atoms with Crippen molar-refractivity contribution in [3.8, 4) is 11.8 Å². The molecule has 0 bridgehead atoms. The molecule has 1 aliphatic rings. The normalized spacial score (nSPS) is 18.7. The first-order valence-electron chi connectivity index (χ1n) is 5.15. The lowest BCUT2D eigenvalue weighted by molar-refractivity contribution is -0.126. The summed E-state index contributed by atoms with van der Waals surface area (Å²) in [5.74, 6) is 0.563. The Morgan fingerprint density at radius 3 is 2.94 bits per heavy atom. The molecule has 0 spiro atoms. The van der Waals surface area contributed by atoms with Gasteiger partial charge >= 0.3 is 0 Å². The number of nitrogens with zero attached hydrogens (tertiary/aromatic N) is 2. The number of likely N-dealkylation sites (N-methyl/N-ethyl adjacent to an activating group) is 1. The van der Waals surface area contributed by atoms with Crippen LogP contribution in [0.25, 0.3) is 0 Å². The van der Waals surface area contributed by atoms with Crippen LogP contribution in [0.4, 0.5) is 5.69 Å². The highest BCUT2D eigenvalue weighted by atomic mass is 16.5. The maximum Gasteiger partial charge on any atom is 0.267 e. The lowest BCUT2D eigenvalue weighted by Crippen LogP contribution is -2.43. The summed E-state index contributed by atoms with van der Waals surface area (Å²) in [7, 11) is 1.72. The zero-order chi connectivity index (χ0) is 11.7. The molecular formula is C12H12N2O2. The fourth-order valence-electron chi connectivity index (χ4n) is 1.75. The van der Waals surface area contributed by atoms with Crippen LogP contribution in [0.15, 0.2) is 18.2 Å². The average molecular weight is 216 g/mol. The van der Waals surface area contributed by atoms with E-state index in [-0.39, 0.29) is 5.91 Å². The summed E-state index contributed by atoms with van der Waals surface area (Å²) >= 11 is 0. The number of ether oxygens (including phenoxy) is 1. The van der Waals surface area contributed by atoms with Crippen LogP contribution in [-0.4, -0.2) is 19.1 Å². The van der Waals surface area contributed by atoms with E-state index < -0.39 is 6.10 Å². The van der Waals surface area contributed by atoms with Crippen LogP contribution in [0.3, 0.4) is 0 Å². The number of rotatable bonds is 1. The van der Waals surface area contributed by atoms with E-state index in [0.29, 0.717) is 23.4 Å². The molecule has 0 radical (unpaired) electrons. The smallest absolute Gasteiger partial charge is 0.267 e. The van der Waals surface area contributed by atoms with Crippen molar-refractivity contribution < 1.29 is 9.53 Å². The number of hydrogen-bond donors (Lipinski definition) is 0. The highest BCUT2D eigenvalue weighted by Crippen LogP contribution is 2.34. The number of anilines is 1. The van der Waals surface area contributed by atoms with Gasteiger partial charge in [-0.1, -0.05) is 6.92 Å². The largest absolute Gasteiger partial charge is 0.478 e. The first-order chi connectivity index (χ1) is 7.67. The Kier molecular flexibility index (Phi) is 2.53. The molecule has 82 valence electrons. The fraction of sp³-hybridized carbons (Fsp3) is 0.333. The lowest BCUT2D eigenvalue weighted by Gasteiger charge is -2.31. The summed E-state index contributed by atoms with van der Waals surface area (Å²) in [5.41, 5.74) is 1.25. The summed E-state index contributed by atoms with van der Waals surface area (Å²) in [5, 5.41) is 8.79. The maximum atomic E-state index is 11.8. The Hall–Kier alpha value is -2.02. The van der Waals surface area contributed by atoms with Gasteiger partial charge in [0, 0.05) is 13.1 Å². The van der Waals surface area contributed by atoms with Crippen molar-refractivity contribution in [1.29, 1.82) is 5.26 Å². The average Bonchev–Trinajstić information content (AvgIpc) is 2.33. The van der Waals surface area contributed by atoms with Crippen molar-refractivity contribution in [3.63, 3.8) is 0 Å².